The highest BCUT2D eigenvalue weighted by Crippen LogP contribution is 2.23. The molecule has 0 radical (unpaired) electrons. The predicted octanol–water partition coefficient (Wildman–Crippen LogP) is 2.06. The second-order valence-corrected chi connectivity index (χ2v) is 5.93. The Bertz CT molecular complexity index is 565. The Hall–Kier alpha value is -1.88. The van der Waals surface area contributed by atoms with E-state index in [1.807, 2.05) is 29.2 Å². The van der Waals surface area contributed by atoms with Crippen molar-refractivity contribution in [2.24, 2.45) is 0 Å². The summed E-state index contributed by atoms with van der Waals surface area (Å²) >= 11 is 0. The number of nitrogens with zero attached hydrogens (tertiary/aromatic N) is 2. The summed E-state index contributed by atoms with van der Waals surface area (Å²) in [4.78, 5) is 28.1. The molecule has 1 aromatic rings. The number of ether oxygens (including phenoxy) is 1. The molecular formula is C17H22N2O3. The van der Waals surface area contributed by atoms with Gasteiger partial charge in [0.2, 0.25) is 5.91 Å². The summed E-state index contributed by atoms with van der Waals surface area (Å²) in [7, 11) is 1.72. The number of benzene rings is 1. The van der Waals surface area contributed by atoms with Crippen LogP contribution in [0, 0.1) is 0 Å². The quantitative estimate of drug-likeness (QED) is 0.859. The number of likely N-dealkylation sites (tertiary alicyclic amines) is 1. The molecule has 2 heterocycles. The Labute approximate surface area is 130 Å². The van der Waals surface area contributed by atoms with Crippen LogP contribution in [-0.2, 0) is 9.53 Å². The third kappa shape index (κ3) is 2.99. The van der Waals surface area contributed by atoms with Crippen molar-refractivity contribution in [3.05, 3.63) is 29.8 Å². The molecule has 0 aliphatic carbocycles. The third-order valence-corrected chi connectivity index (χ3v) is 4.54. The fourth-order valence-electron chi connectivity index (χ4n) is 3.21. The van der Waals surface area contributed by atoms with E-state index in [-0.39, 0.29) is 17.9 Å². The molecule has 1 aromatic carbocycles. The van der Waals surface area contributed by atoms with Crippen molar-refractivity contribution in [1.82, 2.24) is 4.90 Å². The Morgan fingerprint density at radius 3 is 2.64 bits per heavy atom. The first kappa shape index (κ1) is 15.0. The maximum absolute atomic E-state index is 12.6. The first-order valence-corrected chi connectivity index (χ1v) is 7.91. The molecule has 2 aliphatic rings. The molecule has 2 amide bonds. The van der Waals surface area contributed by atoms with Gasteiger partial charge in [0.05, 0.1) is 6.10 Å². The molecule has 0 aromatic heterocycles. The fraction of sp³-hybridized carbons (Fsp3) is 0.529. The van der Waals surface area contributed by atoms with E-state index >= 15 is 0 Å². The maximum Gasteiger partial charge on any atom is 0.253 e. The molecule has 0 spiro atoms. The van der Waals surface area contributed by atoms with Crippen LogP contribution in [0.1, 0.15) is 36.0 Å². The molecule has 22 heavy (non-hydrogen) atoms. The fourth-order valence-corrected chi connectivity index (χ4v) is 3.21. The lowest BCUT2D eigenvalue weighted by molar-refractivity contribution is -0.117. The average Bonchev–Trinajstić information content (AvgIpc) is 3.00. The Morgan fingerprint density at radius 1 is 1.23 bits per heavy atom. The van der Waals surface area contributed by atoms with Crippen molar-refractivity contribution in [2.75, 3.05) is 31.6 Å². The maximum atomic E-state index is 12.6. The number of hydrogen-bond acceptors (Lipinski definition) is 3. The zero-order valence-electron chi connectivity index (χ0n) is 13.0. The first-order valence-electron chi connectivity index (χ1n) is 7.91. The van der Waals surface area contributed by atoms with Crippen LogP contribution < -0.4 is 4.90 Å². The number of piperidine rings is 1. The van der Waals surface area contributed by atoms with Gasteiger partial charge < -0.3 is 14.5 Å². The van der Waals surface area contributed by atoms with Crippen molar-refractivity contribution in [2.45, 2.75) is 31.8 Å². The highest BCUT2D eigenvalue weighted by atomic mass is 16.5. The molecule has 0 unspecified atom stereocenters. The Morgan fingerprint density at radius 2 is 2.00 bits per heavy atom. The molecule has 5 nitrogen and oxygen atoms in total. The lowest BCUT2D eigenvalue weighted by Crippen LogP contribution is -2.40. The van der Waals surface area contributed by atoms with Gasteiger partial charge >= 0.3 is 0 Å². The van der Waals surface area contributed by atoms with Gasteiger partial charge in [0.1, 0.15) is 0 Å². The topological polar surface area (TPSA) is 49.9 Å². The van der Waals surface area contributed by atoms with Crippen LogP contribution in [0.5, 0.6) is 0 Å². The second-order valence-electron chi connectivity index (χ2n) is 5.93. The lowest BCUT2D eigenvalue weighted by Gasteiger charge is -2.31. The van der Waals surface area contributed by atoms with E-state index in [1.54, 1.807) is 12.0 Å². The predicted molar refractivity (Wildman–Crippen MR) is 84.0 cm³/mol. The van der Waals surface area contributed by atoms with Gasteiger partial charge in [-0.25, -0.2) is 0 Å². The van der Waals surface area contributed by atoms with Crippen LogP contribution in [0.2, 0.25) is 0 Å². The molecule has 0 bridgehead atoms. The molecule has 118 valence electrons. The second kappa shape index (κ2) is 6.48. The summed E-state index contributed by atoms with van der Waals surface area (Å²) in [5, 5.41) is 0. The summed E-state index contributed by atoms with van der Waals surface area (Å²) in [5.41, 5.74) is 1.49. The molecular weight excluding hydrogens is 280 g/mol. The first-order chi connectivity index (χ1) is 10.7. The van der Waals surface area contributed by atoms with Gasteiger partial charge in [0.15, 0.2) is 0 Å². The van der Waals surface area contributed by atoms with Crippen LogP contribution in [-0.4, -0.2) is 49.6 Å². The Balaban J connectivity index is 1.72. The minimum absolute atomic E-state index is 0.0445. The molecule has 5 heteroatoms. The average molecular weight is 302 g/mol. The van der Waals surface area contributed by atoms with Gasteiger partial charge in [0.25, 0.3) is 5.91 Å². The molecule has 2 aliphatic heterocycles. The third-order valence-electron chi connectivity index (χ3n) is 4.54. The molecule has 0 saturated carbocycles. The highest BCUT2D eigenvalue weighted by molar-refractivity contribution is 5.99. The van der Waals surface area contributed by atoms with Crippen molar-refractivity contribution >= 4 is 17.5 Å². The summed E-state index contributed by atoms with van der Waals surface area (Å²) < 4.78 is 5.34. The summed E-state index contributed by atoms with van der Waals surface area (Å²) in [6.07, 6.45) is 3.51. The zero-order chi connectivity index (χ0) is 15.5. The minimum atomic E-state index is 0.0445. The van der Waals surface area contributed by atoms with E-state index < -0.39 is 0 Å². The summed E-state index contributed by atoms with van der Waals surface area (Å²) in [5.74, 6) is 0.188. The number of anilines is 1. The van der Waals surface area contributed by atoms with E-state index in [0.717, 1.165) is 44.6 Å². The number of methoxy groups -OCH3 is 1. The van der Waals surface area contributed by atoms with Gasteiger partial charge in [-0.3, -0.25) is 9.59 Å². The Kier molecular flexibility index (Phi) is 4.43. The van der Waals surface area contributed by atoms with Crippen LogP contribution in [0.4, 0.5) is 5.69 Å². The van der Waals surface area contributed by atoms with Crippen LogP contribution in [0.3, 0.4) is 0 Å². The van der Waals surface area contributed by atoms with Gasteiger partial charge in [-0.1, -0.05) is 6.07 Å². The van der Waals surface area contributed by atoms with E-state index in [4.69, 9.17) is 4.74 Å². The SMILES string of the molecule is COC1CCN(C(=O)c2cccc(N3CCCC3=O)c2)CC1. The molecule has 0 N–H and O–H groups in total. The van der Waals surface area contributed by atoms with E-state index in [2.05, 4.69) is 0 Å². The monoisotopic (exact) mass is 302 g/mol. The van der Waals surface area contributed by atoms with E-state index in [1.165, 1.54) is 0 Å². The number of amides is 2. The van der Waals surface area contributed by atoms with Crippen molar-refractivity contribution in [1.29, 1.82) is 0 Å². The number of hydrogen-bond donors (Lipinski definition) is 0. The standard InChI is InChI=1S/C17H22N2O3/c1-22-15-7-10-18(11-8-15)17(21)13-4-2-5-14(12-13)19-9-3-6-16(19)20/h2,4-5,12,15H,3,6-11H2,1H3. The number of carbonyl (C=O) groups excluding carboxylic acids is 2. The van der Waals surface area contributed by atoms with Crippen LogP contribution >= 0.6 is 0 Å². The van der Waals surface area contributed by atoms with Gasteiger partial charge in [0, 0.05) is 44.4 Å². The molecule has 3 rings (SSSR count). The minimum Gasteiger partial charge on any atom is -0.381 e. The lowest BCUT2D eigenvalue weighted by atomic mass is 10.1. The normalized spacial score (nSPS) is 19.8. The number of rotatable bonds is 3. The number of carbonyl (C=O) groups is 2. The molecule has 2 fully saturated rings. The molecule has 0 atom stereocenters. The highest BCUT2D eigenvalue weighted by Gasteiger charge is 2.25. The van der Waals surface area contributed by atoms with Crippen molar-refractivity contribution < 1.29 is 14.3 Å². The van der Waals surface area contributed by atoms with Crippen LogP contribution in [0.15, 0.2) is 24.3 Å². The largest absolute Gasteiger partial charge is 0.381 e. The van der Waals surface area contributed by atoms with E-state index in [0.29, 0.717) is 12.0 Å². The summed E-state index contributed by atoms with van der Waals surface area (Å²) in [6, 6.07) is 7.43. The van der Waals surface area contributed by atoms with Crippen molar-refractivity contribution in [3.8, 4) is 0 Å². The van der Waals surface area contributed by atoms with Gasteiger partial charge in [-0.2, -0.15) is 0 Å². The van der Waals surface area contributed by atoms with Crippen molar-refractivity contribution in [3.63, 3.8) is 0 Å². The van der Waals surface area contributed by atoms with Gasteiger partial charge in [-0.15, -0.1) is 0 Å². The van der Waals surface area contributed by atoms with Crippen LogP contribution in [0.25, 0.3) is 0 Å². The molecule has 2 saturated heterocycles. The zero-order valence-corrected chi connectivity index (χ0v) is 13.0. The smallest absolute Gasteiger partial charge is 0.253 e. The van der Waals surface area contributed by atoms with Gasteiger partial charge in [-0.05, 0) is 37.5 Å². The summed E-state index contributed by atoms with van der Waals surface area (Å²) in [6.45, 7) is 2.20. The van der Waals surface area contributed by atoms with E-state index in [9.17, 15) is 9.59 Å².